The summed E-state index contributed by atoms with van der Waals surface area (Å²) >= 11 is 0. The molecule has 2 fully saturated rings. The van der Waals surface area contributed by atoms with Crippen LogP contribution in [-0.2, 0) is 9.47 Å². The van der Waals surface area contributed by atoms with Gasteiger partial charge in [0.25, 0.3) is 0 Å². The largest absolute Gasteiger partial charge is 0.379 e. The average Bonchev–Trinajstić information content (AvgIpc) is 3.14. The Balaban J connectivity index is 1.47. The van der Waals surface area contributed by atoms with E-state index in [1.54, 1.807) is 6.07 Å². The molecule has 1 aliphatic carbocycles. The summed E-state index contributed by atoms with van der Waals surface area (Å²) < 4.78 is 25.1. The van der Waals surface area contributed by atoms with E-state index >= 15 is 0 Å². The Labute approximate surface area is 149 Å². The van der Waals surface area contributed by atoms with Gasteiger partial charge in [0.05, 0.1) is 19.3 Å². The highest BCUT2D eigenvalue weighted by Gasteiger charge is 2.40. The van der Waals surface area contributed by atoms with Gasteiger partial charge in [-0.15, -0.1) is 0 Å². The molecule has 4 atom stereocenters. The summed E-state index contributed by atoms with van der Waals surface area (Å²) in [7, 11) is 0. The number of aliphatic imine (C=N–C) groups is 1. The highest BCUT2D eigenvalue weighted by molar-refractivity contribution is 5.81. The predicted molar refractivity (Wildman–Crippen MR) is 96.4 cm³/mol. The van der Waals surface area contributed by atoms with E-state index in [1.807, 2.05) is 19.1 Å². The fourth-order valence-corrected chi connectivity index (χ4v) is 3.14. The predicted octanol–water partition coefficient (Wildman–Crippen LogP) is 2.43. The lowest BCUT2D eigenvalue weighted by molar-refractivity contribution is 0.0347. The molecule has 25 heavy (non-hydrogen) atoms. The number of benzene rings is 1. The van der Waals surface area contributed by atoms with Gasteiger partial charge < -0.3 is 20.1 Å². The molecule has 1 saturated heterocycles. The smallest absolute Gasteiger partial charge is 0.191 e. The number of rotatable bonds is 7. The fraction of sp³-hybridized carbons (Fsp3) is 0.632. The molecular formula is C19H28FN3O2. The zero-order valence-electron chi connectivity index (χ0n) is 15.0. The molecule has 0 amide bonds. The van der Waals surface area contributed by atoms with Crippen LogP contribution in [0.1, 0.15) is 38.2 Å². The van der Waals surface area contributed by atoms with Crippen LogP contribution in [0.2, 0.25) is 0 Å². The molecule has 5 nitrogen and oxygen atoms in total. The first-order valence-electron chi connectivity index (χ1n) is 9.18. The molecule has 3 rings (SSSR count). The van der Waals surface area contributed by atoms with E-state index in [0.29, 0.717) is 19.8 Å². The Kier molecular flexibility index (Phi) is 6.26. The van der Waals surface area contributed by atoms with Crippen LogP contribution in [0, 0.1) is 5.82 Å². The molecule has 1 aromatic rings. The van der Waals surface area contributed by atoms with Gasteiger partial charge in [-0.25, -0.2) is 4.39 Å². The standard InChI is InChI=1S/C19H28FN3O2/c1-3-21-19(22-13(2)11-25-14-8-9-24-12-14)23-18-10-16(18)15-6-4-5-7-17(15)20/h4-7,13-14,16,18H,3,8-12H2,1-2H3,(H2,21,22,23). The maximum absolute atomic E-state index is 13.9. The normalized spacial score (nSPS) is 27.2. The van der Waals surface area contributed by atoms with E-state index < -0.39 is 0 Å². The molecule has 0 spiro atoms. The molecule has 0 radical (unpaired) electrons. The molecule has 2 aliphatic rings. The van der Waals surface area contributed by atoms with E-state index in [9.17, 15) is 4.39 Å². The average molecular weight is 349 g/mol. The minimum absolute atomic E-state index is 0.126. The van der Waals surface area contributed by atoms with Gasteiger partial charge in [-0.05, 0) is 38.3 Å². The summed E-state index contributed by atoms with van der Waals surface area (Å²) in [4.78, 5) is 4.50. The van der Waals surface area contributed by atoms with Crippen LogP contribution in [-0.4, -0.2) is 50.5 Å². The molecule has 1 saturated carbocycles. The van der Waals surface area contributed by atoms with Gasteiger partial charge in [0.15, 0.2) is 5.96 Å². The SMILES string of the molecule is CCN=C(NC(C)COC1CCOC1)NC1CC1c1ccccc1F. The lowest BCUT2D eigenvalue weighted by Gasteiger charge is -2.20. The lowest BCUT2D eigenvalue weighted by atomic mass is 10.1. The summed E-state index contributed by atoms with van der Waals surface area (Å²) in [6.07, 6.45) is 2.10. The van der Waals surface area contributed by atoms with Crippen LogP contribution in [0.15, 0.2) is 29.3 Å². The summed E-state index contributed by atoms with van der Waals surface area (Å²) in [6.45, 7) is 6.85. The third-order valence-corrected chi connectivity index (χ3v) is 4.59. The van der Waals surface area contributed by atoms with E-state index in [4.69, 9.17) is 9.47 Å². The first-order chi connectivity index (χ1) is 12.2. The van der Waals surface area contributed by atoms with Crippen molar-refractivity contribution in [3.05, 3.63) is 35.6 Å². The van der Waals surface area contributed by atoms with Crippen molar-refractivity contribution in [1.29, 1.82) is 0 Å². The molecule has 1 heterocycles. The highest BCUT2D eigenvalue weighted by atomic mass is 19.1. The van der Waals surface area contributed by atoms with Gasteiger partial charge in [0.2, 0.25) is 0 Å². The van der Waals surface area contributed by atoms with E-state index in [2.05, 4.69) is 22.5 Å². The third-order valence-electron chi connectivity index (χ3n) is 4.59. The Morgan fingerprint density at radius 1 is 1.44 bits per heavy atom. The third kappa shape index (κ3) is 5.16. The molecule has 1 aromatic carbocycles. The zero-order chi connectivity index (χ0) is 17.6. The highest BCUT2D eigenvalue weighted by Crippen LogP contribution is 2.41. The quantitative estimate of drug-likeness (QED) is 0.586. The van der Waals surface area contributed by atoms with Crippen molar-refractivity contribution in [2.45, 2.75) is 50.8 Å². The van der Waals surface area contributed by atoms with E-state index in [0.717, 1.165) is 31.0 Å². The second kappa shape index (κ2) is 8.63. The number of nitrogens with one attached hydrogen (secondary N) is 2. The molecule has 138 valence electrons. The molecule has 0 aromatic heterocycles. The van der Waals surface area contributed by atoms with Crippen molar-refractivity contribution in [2.24, 2.45) is 4.99 Å². The monoisotopic (exact) mass is 349 g/mol. The molecule has 0 bridgehead atoms. The Morgan fingerprint density at radius 3 is 3.00 bits per heavy atom. The first kappa shape index (κ1) is 18.1. The minimum atomic E-state index is -0.126. The Morgan fingerprint density at radius 2 is 2.28 bits per heavy atom. The summed E-state index contributed by atoms with van der Waals surface area (Å²) in [5.74, 6) is 0.858. The number of ether oxygens (including phenoxy) is 2. The second-order valence-corrected chi connectivity index (χ2v) is 6.80. The van der Waals surface area contributed by atoms with Crippen LogP contribution >= 0.6 is 0 Å². The fourth-order valence-electron chi connectivity index (χ4n) is 3.14. The summed E-state index contributed by atoms with van der Waals surface area (Å²) in [5, 5.41) is 6.80. The van der Waals surface area contributed by atoms with Crippen LogP contribution in [0.5, 0.6) is 0 Å². The van der Waals surface area contributed by atoms with E-state index in [-0.39, 0.29) is 29.9 Å². The number of guanidine groups is 1. The van der Waals surface area contributed by atoms with Gasteiger partial charge in [-0.2, -0.15) is 0 Å². The van der Waals surface area contributed by atoms with Crippen molar-refractivity contribution in [3.8, 4) is 0 Å². The maximum atomic E-state index is 13.9. The lowest BCUT2D eigenvalue weighted by Crippen LogP contribution is -2.45. The van der Waals surface area contributed by atoms with Gasteiger partial charge in [0, 0.05) is 31.2 Å². The van der Waals surface area contributed by atoms with Crippen LogP contribution in [0.4, 0.5) is 4.39 Å². The molecule has 6 heteroatoms. The topological polar surface area (TPSA) is 54.9 Å². The van der Waals surface area contributed by atoms with Crippen LogP contribution in [0.25, 0.3) is 0 Å². The van der Waals surface area contributed by atoms with Gasteiger partial charge in [-0.3, -0.25) is 4.99 Å². The minimum Gasteiger partial charge on any atom is -0.379 e. The Bertz CT molecular complexity index is 590. The number of hydrogen-bond acceptors (Lipinski definition) is 3. The van der Waals surface area contributed by atoms with Gasteiger partial charge in [-0.1, -0.05) is 18.2 Å². The number of halogens is 1. The first-order valence-corrected chi connectivity index (χ1v) is 9.18. The molecule has 4 unspecified atom stereocenters. The zero-order valence-corrected chi connectivity index (χ0v) is 15.0. The van der Waals surface area contributed by atoms with Crippen molar-refractivity contribution < 1.29 is 13.9 Å². The van der Waals surface area contributed by atoms with Crippen molar-refractivity contribution in [3.63, 3.8) is 0 Å². The molecular weight excluding hydrogens is 321 g/mol. The van der Waals surface area contributed by atoms with Crippen LogP contribution in [0.3, 0.4) is 0 Å². The maximum Gasteiger partial charge on any atom is 0.191 e. The van der Waals surface area contributed by atoms with E-state index in [1.165, 1.54) is 6.07 Å². The Hall–Kier alpha value is -1.66. The molecule has 2 N–H and O–H groups in total. The molecule has 1 aliphatic heterocycles. The van der Waals surface area contributed by atoms with Crippen molar-refractivity contribution >= 4 is 5.96 Å². The number of nitrogens with zero attached hydrogens (tertiary/aromatic N) is 1. The van der Waals surface area contributed by atoms with Crippen molar-refractivity contribution in [2.75, 3.05) is 26.4 Å². The van der Waals surface area contributed by atoms with Gasteiger partial charge >= 0.3 is 0 Å². The number of hydrogen-bond donors (Lipinski definition) is 2. The summed E-state index contributed by atoms with van der Waals surface area (Å²) in [5.41, 5.74) is 0.786. The summed E-state index contributed by atoms with van der Waals surface area (Å²) in [6, 6.07) is 7.38. The van der Waals surface area contributed by atoms with Crippen molar-refractivity contribution in [1.82, 2.24) is 10.6 Å². The second-order valence-electron chi connectivity index (χ2n) is 6.80. The van der Waals surface area contributed by atoms with Gasteiger partial charge in [0.1, 0.15) is 5.82 Å². The van der Waals surface area contributed by atoms with Crippen LogP contribution < -0.4 is 10.6 Å².